The third kappa shape index (κ3) is 3.74. The summed E-state index contributed by atoms with van der Waals surface area (Å²) in [6.07, 6.45) is 10.2. The van der Waals surface area contributed by atoms with E-state index >= 15 is 0 Å². The molecule has 0 spiro atoms. The topological polar surface area (TPSA) is 37.3 Å². The summed E-state index contributed by atoms with van der Waals surface area (Å²) in [5.41, 5.74) is 1.50. The van der Waals surface area contributed by atoms with Crippen LogP contribution in [0.15, 0.2) is 36.0 Å². The Bertz CT molecular complexity index is 327. The Balaban J connectivity index is 2.61. The second-order valence-electron chi connectivity index (χ2n) is 4.87. The number of hydrogen-bond donors (Lipinski definition) is 1. The minimum Gasteiger partial charge on any atom is -0.478 e. The third-order valence-corrected chi connectivity index (χ3v) is 2.48. The van der Waals surface area contributed by atoms with Gasteiger partial charge in [0.15, 0.2) is 0 Å². The number of carboxylic acids is 1. The van der Waals surface area contributed by atoms with Gasteiger partial charge in [-0.3, -0.25) is 0 Å². The summed E-state index contributed by atoms with van der Waals surface area (Å²) >= 11 is 0. The number of hydrogen-bond acceptors (Lipinski definition) is 1. The molecule has 0 amide bonds. The number of allylic oxidation sites excluding steroid dienone is 5. The Kier molecular flexibility index (Phi) is 3.51. The van der Waals surface area contributed by atoms with Crippen molar-refractivity contribution >= 4 is 5.97 Å². The van der Waals surface area contributed by atoms with Crippen LogP contribution in [0.4, 0.5) is 0 Å². The number of carboxylic acid groups (broad SMARTS) is 1. The molecule has 2 heteroatoms. The molecule has 1 aliphatic rings. The predicted molar refractivity (Wildman–Crippen MR) is 61.6 cm³/mol. The largest absolute Gasteiger partial charge is 0.478 e. The fraction of sp³-hybridized carbons (Fsp3) is 0.462. The number of carbonyl (C=O) groups is 1. The molecule has 1 N–H and O–H groups in total. The van der Waals surface area contributed by atoms with E-state index in [2.05, 4.69) is 39.0 Å². The standard InChI is InChI=1S/C13H18O2/c1-13(2,3)11-7-4-10(5-8-11)6-9-12(14)15/h4,6-10H,5H2,1-3H3,(H,14,15)/b9-6+. The second-order valence-corrected chi connectivity index (χ2v) is 4.87. The van der Waals surface area contributed by atoms with Gasteiger partial charge in [0.2, 0.25) is 0 Å². The lowest BCUT2D eigenvalue weighted by atomic mass is 9.81. The van der Waals surface area contributed by atoms with Crippen molar-refractivity contribution in [2.45, 2.75) is 27.2 Å². The Hall–Kier alpha value is -1.31. The average molecular weight is 206 g/mol. The van der Waals surface area contributed by atoms with E-state index in [9.17, 15) is 4.79 Å². The van der Waals surface area contributed by atoms with Crippen molar-refractivity contribution in [1.82, 2.24) is 0 Å². The highest BCUT2D eigenvalue weighted by atomic mass is 16.4. The molecule has 0 aromatic heterocycles. The lowest BCUT2D eigenvalue weighted by Gasteiger charge is -2.24. The van der Waals surface area contributed by atoms with Crippen LogP contribution < -0.4 is 0 Å². The molecular weight excluding hydrogens is 188 g/mol. The Morgan fingerprint density at radius 2 is 2.20 bits per heavy atom. The molecule has 0 aromatic rings. The van der Waals surface area contributed by atoms with Gasteiger partial charge in [0.25, 0.3) is 0 Å². The molecule has 0 bridgehead atoms. The summed E-state index contributed by atoms with van der Waals surface area (Å²) < 4.78 is 0. The van der Waals surface area contributed by atoms with Gasteiger partial charge < -0.3 is 5.11 Å². The minimum absolute atomic E-state index is 0.179. The average Bonchev–Trinajstić information content (AvgIpc) is 2.14. The van der Waals surface area contributed by atoms with E-state index in [1.54, 1.807) is 6.08 Å². The molecular formula is C13H18O2. The van der Waals surface area contributed by atoms with Crippen molar-refractivity contribution in [3.8, 4) is 0 Å². The van der Waals surface area contributed by atoms with Gasteiger partial charge in [0.05, 0.1) is 0 Å². The minimum atomic E-state index is -0.881. The predicted octanol–water partition coefficient (Wildman–Crippen LogP) is 3.18. The zero-order valence-electron chi connectivity index (χ0n) is 9.53. The fourth-order valence-electron chi connectivity index (χ4n) is 1.54. The Labute approximate surface area is 91.0 Å². The number of rotatable bonds is 2. The van der Waals surface area contributed by atoms with Crippen molar-refractivity contribution in [2.24, 2.45) is 11.3 Å². The van der Waals surface area contributed by atoms with E-state index in [1.165, 1.54) is 11.6 Å². The summed E-state index contributed by atoms with van der Waals surface area (Å²) in [6, 6.07) is 0. The van der Waals surface area contributed by atoms with E-state index in [0.29, 0.717) is 0 Å². The lowest BCUT2D eigenvalue weighted by Crippen LogP contribution is -2.10. The van der Waals surface area contributed by atoms with Crippen molar-refractivity contribution in [3.63, 3.8) is 0 Å². The molecule has 0 aliphatic heterocycles. The van der Waals surface area contributed by atoms with Gasteiger partial charge in [0.1, 0.15) is 0 Å². The summed E-state index contributed by atoms with van der Waals surface area (Å²) in [5.74, 6) is -0.652. The van der Waals surface area contributed by atoms with Crippen molar-refractivity contribution in [2.75, 3.05) is 0 Å². The fourth-order valence-corrected chi connectivity index (χ4v) is 1.54. The monoisotopic (exact) mass is 206 g/mol. The SMILES string of the molecule is CC(C)(C)C1=CCC(/C=C/C(=O)O)C=C1. The molecule has 0 saturated heterocycles. The van der Waals surface area contributed by atoms with Crippen molar-refractivity contribution < 1.29 is 9.90 Å². The lowest BCUT2D eigenvalue weighted by molar-refractivity contribution is -0.131. The van der Waals surface area contributed by atoms with E-state index in [4.69, 9.17) is 5.11 Å². The van der Waals surface area contributed by atoms with Crippen molar-refractivity contribution in [3.05, 3.63) is 36.0 Å². The number of aliphatic carboxylic acids is 1. The molecule has 2 nitrogen and oxygen atoms in total. The first-order valence-corrected chi connectivity index (χ1v) is 5.19. The normalized spacial score (nSPS) is 21.8. The van der Waals surface area contributed by atoms with E-state index in [-0.39, 0.29) is 11.3 Å². The van der Waals surface area contributed by atoms with Crippen LogP contribution in [-0.2, 0) is 4.79 Å². The molecule has 0 fully saturated rings. The van der Waals surface area contributed by atoms with Gasteiger partial charge in [-0.2, -0.15) is 0 Å². The highest BCUT2D eigenvalue weighted by Gasteiger charge is 2.17. The van der Waals surface area contributed by atoms with Gasteiger partial charge in [0, 0.05) is 6.08 Å². The molecule has 0 heterocycles. The Morgan fingerprint density at radius 3 is 2.60 bits per heavy atom. The molecule has 0 aromatic carbocycles. The summed E-state index contributed by atoms with van der Waals surface area (Å²) in [4.78, 5) is 10.3. The third-order valence-electron chi connectivity index (χ3n) is 2.48. The summed E-state index contributed by atoms with van der Waals surface area (Å²) in [7, 11) is 0. The van der Waals surface area contributed by atoms with Gasteiger partial charge >= 0.3 is 5.97 Å². The van der Waals surface area contributed by atoms with Crippen LogP contribution in [0.1, 0.15) is 27.2 Å². The quantitative estimate of drug-likeness (QED) is 0.704. The highest BCUT2D eigenvalue weighted by molar-refractivity contribution is 5.79. The molecule has 0 radical (unpaired) electrons. The first kappa shape index (κ1) is 11.8. The van der Waals surface area contributed by atoms with E-state index in [1.807, 2.05) is 0 Å². The van der Waals surface area contributed by atoms with E-state index in [0.717, 1.165) is 6.42 Å². The summed E-state index contributed by atoms with van der Waals surface area (Å²) in [6.45, 7) is 6.53. The van der Waals surface area contributed by atoms with Crippen molar-refractivity contribution in [1.29, 1.82) is 0 Å². The summed E-state index contributed by atoms with van der Waals surface area (Å²) in [5, 5.41) is 8.50. The second kappa shape index (κ2) is 4.47. The van der Waals surface area contributed by atoms with Gasteiger partial charge in [-0.1, -0.05) is 45.1 Å². The zero-order chi connectivity index (χ0) is 11.5. The molecule has 1 rings (SSSR count). The first-order chi connectivity index (χ1) is 6.89. The van der Waals surface area contributed by atoms with Crippen LogP contribution in [0, 0.1) is 11.3 Å². The first-order valence-electron chi connectivity index (χ1n) is 5.19. The molecule has 1 aliphatic carbocycles. The molecule has 0 saturated carbocycles. The van der Waals surface area contributed by atoms with E-state index < -0.39 is 5.97 Å². The molecule has 82 valence electrons. The molecule has 15 heavy (non-hydrogen) atoms. The van der Waals surface area contributed by atoms with Gasteiger partial charge in [-0.15, -0.1) is 0 Å². The molecule has 1 atom stereocenters. The zero-order valence-corrected chi connectivity index (χ0v) is 9.53. The smallest absolute Gasteiger partial charge is 0.327 e. The maximum absolute atomic E-state index is 10.3. The van der Waals surface area contributed by atoms with Gasteiger partial charge in [-0.25, -0.2) is 4.79 Å². The maximum Gasteiger partial charge on any atom is 0.327 e. The van der Waals surface area contributed by atoms with Crippen LogP contribution in [0.25, 0.3) is 0 Å². The van der Waals surface area contributed by atoms with Crippen LogP contribution in [0.3, 0.4) is 0 Å². The van der Waals surface area contributed by atoms with Crippen LogP contribution >= 0.6 is 0 Å². The molecule has 1 unspecified atom stereocenters. The van der Waals surface area contributed by atoms with Crippen LogP contribution in [-0.4, -0.2) is 11.1 Å². The highest BCUT2D eigenvalue weighted by Crippen LogP contribution is 2.30. The van der Waals surface area contributed by atoms with Gasteiger partial charge in [-0.05, 0) is 23.3 Å². The maximum atomic E-state index is 10.3. The van der Waals surface area contributed by atoms with Crippen LogP contribution in [0.5, 0.6) is 0 Å². The van der Waals surface area contributed by atoms with Crippen LogP contribution in [0.2, 0.25) is 0 Å². The Morgan fingerprint density at radius 1 is 1.53 bits per heavy atom.